The summed E-state index contributed by atoms with van der Waals surface area (Å²) in [6.45, 7) is 12.4. The summed E-state index contributed by atoms with van der Waals surface area (Å²) in [5.74, 6) is 0.544. The molecule has 6 nitrogen and oxygen atoms in total. The number of hydrogen-bond donors (Lipinski definition) is 1. The molecule has 0 aromatic rings. The van der Waals surface area contributed by atoms with E-state index in [4.69, 9.17) is 9.47 Å². The first-order chi connectivity index (χ1) is 10.4. The second-order valence-corrected chi connectivity index (χ2v) is 8.65. The molecule has 0 spiro atoms. The van der Waals surface area contributed by atoms with Crippen molar-refractivity contribution in [3.05, 3.63) is 0 Å². The van der Waals surface area contributed by atoms with Gasteiger partial charge < -0.3 is 19.7 Å². The van der Waals surface area contributed by atoms with Crippen molar-refractivity contribution in [1.82, 2.24) is 10.2 Å². The minimum absolute atomic E-state index is 0.0866. The molecule has 2 bridgehead atoms. The molecular weight excluding hydrogens is 296 g/mol. The number of piperidine rings is 1. The summed E-state index contributed by atoms with van der Waals surface area (Å²) in [4.78, 5) is 26.0. The molecule has 1 N–H and O–H groups in total. The van der Waals surface area contributed by atoms with Crippen molar-refractivity contribution in [3.8, 4) is 0 Å². The maximum Gasteiger partial charge on any atom is 0.410 e. The van der Waals surface area contributed by atoms with Crippen LogP contribution >= 0.6 is 0 Å². The van der Waals surface area contributed by atoms with E-state index in [1.165, 1.54) is 0 Å². The number of carbonyl (C=O) groups excluding carboxylic acids is 2. The van der Waals surface area contributed by atoms with Gasteiger partial charge in [0.2, 0.25) is 0 Å². The van der Waals surface area contributed by atoms with E-state index in [2.05, 4.69) is 5.32 Å². The lowest BCUT2D eigenvalue weighted by Gasteiger charge is -2.38. The number of nitrogens with zero attached hydrogens (tertiary/aromatic N) is 1. The number of alkyl carbamates (subject to hydrolysis) is 1. The van der Waals surface area contributed by atoms with Gasteiger partial charge in [0.1, 0.15) is 11.2 Å². The van der Waals surface area contributed by atoms with Crippen LogP contribution in [0.4, 0.5) is 9.59 Å². The first-order valence-electron chi connectivity index (χ1n) is 8.42. The Balaban J connectivity index is 1.92. The van der Waals surface area contributed by atoms with E-state index in [9.17, 15) is 9.59 Å². The van der Waals surface area contributed by atoms with Gasteiger partial charge in [-0.05, 0) is 66.2 Å². The molecule has 2 amide bonds. The molecule has 132 valence electrons. The molecule has 2 fully saturated rings. The topological polar surface area (TPSA) is 67.9 Å². The van der Waals surface area contributed by atoms with Crippen LogP contribution < -0.4 is 5.32 Å². The molecule has 1 aliphatic carbocycles. The summed E-state index contributed by atoms with van der Waals surface area (Å²) in [7, 11) is 0. The minimum atomic E-state index is -0.500. The Labute approximate surface area is 138 Å². The van der Waals surface area contributed by atoms with Gasteiger partial charge in [-0.3, -0.25) is 0 Å². The molecule has 0 aromatic carbocycles. The third kappa shape index (κ3) is 5.01. The number of likely N-dealkylation sites (tertiary alicyclic amines) is 1. The van der Waals surface area contributed by atoms with Gasteiger partial charge in [-0.15, -0.1) is 0 Å². The standard InChI is InChI=1S/C17H30N2O4/c1-16(2,3)22-14(20)18-13-11-7-8-12(13)10-19(9-11)15(21)23-17(4,5)6/h11-13H,7-10H2,1-6H3,(H,18,20). The van der Waals surface area contributed by atoms with Crippen molar-refractivity contribution >= 4 is 12.2 Å². The molecule has 23 heavy (non-hydrogen) atoms. The highest BCUT2D eigenvalue weighted by molar-refractivity contribution is 5.69. The molecule has 1 saturated heterocycles. The second kappa shape index (κ2) is 6.21. The summed E-state index contributed by atoms with van der Waals surface area (Å²) in [6.07, 6.45) is 1.41. The fourth-order valence-corrected chi connectivity index (χ4v) is 3.38. The Morgan fingerprint density at radius 3 is 1.83 bits per heavy atom. The number of amides is 2. The number of carbonyl (C=O) groups is 2. The third-order valence-electron chi connectivity index (χ3n) is 4.17. The van der Waals surface area contributed by atoms with E-state index >= 15 is 0 Å². The van der Waals surface area contributed by atoms with Crippen LogP contribution in [0.1, 0.15) is 54.4 Å². The van der Waals surface area contributed by atoms with Crippen LogP contribution in [0, 0.1) is 11.8 Å². The highest BCUT2D eigenvalue weighted by atomic mass is 16.6. The Morgan fingerprint density at radius 2 is 1.39 bits per heavy atom. The first-order valence-corrected chi connectivity index (χ1v) is 8.42. The third-order valence-corrected chi connectivity index (χ3v) is 4.17. The Hall–Kier alpha value is -1.46. The van der Waals surface area contributed by atoms with Crippen molar-refractivity contribution < 1.29 is 19.1 Å². The van der Waals surface area contributed by atoms with Gasteiger partial charge >= 0.3 is 12.2 Å². The lowest BCUT2D eigenvalue weighted by atomic mass is 9.92. The van der Waals surface area contributed by atoms with E-state index in [1.54, 1.807) is 4.90 Å². The molecule has 6 heteroatoms. The van der Waals surface area contributed by atoms with E-state index in [0.717, 1.165) is 12.8 Å². The van der Waals surface area contributed by atoms with Crippen LogP contribution in [0.3, 0.4) is 0 Å². The van der Waals surface area contributed by atoms with Crippen LogP contribution in [0.2, 0.25) is 0 Å². The first kappa shape index (κ1) is 17.9. The lowest BCUT2D eigenvalue weighted by molar-refractivity contribution is 0.00967. The Kier molecular flexibility index (Phi) is 4.83. The van der Waals surface area contributed by atoms with Crippen LogP contribution in [-0.2, 0) is 9.47 Å². The second-order valence-electron chi connectivity index (χ2n) is 8.65. The maximum absolute atomic E-state index is 12.2. The van der Waals surface area contributed by atoms with Gasteiger partial charge in [-0.1, -0.05) is 0 Å². The molecular formula is C17H30N2O4. The number of hydrogen-bond acceptors (Lipinski definition) is 4. The van der Waals surface area contributed by atoms with Gasteiger partial charge in [0.05, 0.1) is 0 Å². The monoisotopic (exact) mass is 326 g/mol. The average Bonchev–Trinajstić information content (AvgIpc) is 2.56. The predicted molar refractivity (Wildman–Crippen MR) is 87.2 cm³/mol. The van der Waals surface area contributed by atoms with Gasteiger partial charge in [0.25, 0.3) is 0 Å². The lowest BCUT2D eigenvalue weighted by Crippen LogP contribution is -2.55. The molecule has 1 heterocycles. The SMILES string of the molecule is CC(C)(C)OC(=O)NC1C2CCC1CN(C(=O)OC(C)(C)C)C2. The molecule has 1 aliphatic heterocycles. The molecule has 0 aromatic heterocycles. The van der Waals surface area contributed by atoms with Gasteiger partial charge in [0, 0.05) is 19.1 Å². The molecule has 2 atom stereocenters. The van der Waals surface area contributed by atoms with E-state index in [-0.39, 0.29) is 30.1 Å². The Morgan fingerprint density at radius 1 is 0.913 bits per heavy atom. The van der Waals surface area contributed by atoms with Crippen molar-refractivity contribution in [3.63, 3.8) is 0 Å². The maximum atomic E-state index is 12.2. The zero-order chi connectivity index (χ0) is 17.4. The van der Waals surface area contributed by atoms with Crippen LogP contribution in [-0.4, -0.2) is 47.4 Å². The van der Waals surface area contributed by atoms with Crippen LogP contribution in [0.15, 0.2) is 0 Å². The number of nitrogens with one attached hydrogen (secondary N) is 1. The highest BCUT2D eigenvalue weighted by Crippen LogP contribution is 2.37. The summed E-state index contributed by atoms with van der Waals surface area (Å²) in [5.41, 5.74) is -0.984. The predicted octanol–water partition coefficient (Wildman–Crippen LogP) is 3.16. The van der Waals surface area contributed by atoms with Crippen LogP contribution in [0.5, 0.6) is 0 Å². The summed E-state index contributed by atoms with van der Waals surface area (Å²) in [6, 6.07) is 0.0866. The highest BCUT2D eigenvalue weighted by Gasteiger charge is 2.45. The van der Waals surface area contributed by atoms with E-state index in [0.29, 0.717) is 13.1 Å². The van der Waals surface area contributed by atoms with Crippen molar-refractivity contribution in [2.75, 3.05) is 13.1 Å². The van der Waals surface area contributed by atoms with Crippen molar-refractivity contribution in [1.29, 1.82) is 0 Å². The number of rotatable bonds is 1. The molecule has 2 aliphatic rings. The summed E-state index contributed by atoms with van der Waals surface area (Å²) in [5, 5.41) is 3.01. The molecule has 1 saturated carbocycles. The normalized spacial score (nSPS) is 27.6. The zero-order valence-electron chi connectivity index (χ0n) is 15.1. The minimum Gasteiger partial charge on any atom is -0.444 e. The van der Waals surface area contributed by atoms with E-state index < -0.39 is 11.2 Å². The Bertz CT molecular complexity index is 450. The summed E-state index contributed by atoms with van der Waals surface area (Å²) < 4.78 is 10.8. The van der Waals surface area contributed by atoms with Crippen LogP contribution in [0.25, 0.3) is 0 Å². The van der Waals surface area contributed by atoms with Gasteiger partial charge in [-0.25, -0.2) is 9.59 Å². The number of fused-ring (bicyclic) bond motifs is 2. The van der Waals surface area contributed by atoms with Crippen molar-refractivity contribution in [2.45, 2.75) is 71.6 Å². The summed E-state index contributed by atoms with van der Waals surface area (Å²) >= 11 is 0. The molecule has 0 radical (unpaired) electrons. The average molecular weight is 326 g/mol. The van der Waals surface area contributed by atoms with Crippen molar-refractivity contribution in [2.24, 2.45) is 11.8 Å². The number of ether oxygens (including phenoxy) is 2. The quantitative estimate of drug-likeness (QED) is 0.804. The largest absolute Gasteiger partial charge is 0.444 e. The fraction of sp³-hybridized carbons (Fsp3) is 0.882. The van der Waals surface area contributed by atoms with E-state index in [1.807, 2.05) is 41.5 Å². The smallest absolute Gasteiger partial charge is 0.410 e. The fourth-order valence-electron chi connectivity index (χ4n) is 3.38. The van der Waals surface area contributed by atoms with Gasteiger partial charge in [0.15, 0.2) is 0 Å². The zero-order valence-corrected chi connectivity index (χ0v) is 15.1. The van der Waals surface area contributed by atoms with Gasteiger partial charge in [-0.2, -0.15) is 0 Å². The molecule has 2 unspecified atom stereocenters. The molecule has 2 rings (SSSR count).